The maximum Gasteiger partial charge on any atom is 0.157 e. The van der Waals surface area contributed by atoms with Crippen molar-refractivity contribution in [3.63, 3.8) is 0 Å². The molecule has 0 fully saturated rings. The summed E-state index contributed by atoms with van der Waals surface area (Å²) in [5.41, 5.74) is 3.02. The minimum absolute atomic E-state index is 0.297. The lowest BCUT2D eigenvalue weighted by Crippen LogP contribution is -2.62. The first-order chi connectivity index (χ1) is 6.89. The largest absolute Gasteiger partial charge is 0.496 e. The predicted octanol–water partition coefficient (Wildman–Crippen LogP) is 0.640. The zero-order valence-electron chi connectivity index (χ0n) is 10.9. The van der Waals surface area contributed by atoms with Crippen LogP contribution in [0.25, 0.3) is 0 Å². The van der Waals surface area contributed by atoms with Crippen molar-refractivity contribution in [2.24, 2.45) is 0 Å². The fourth-order valence-corrected chi connectivity index (χ4v) is 1.80. The molecule has 0 N–H and O–H groups in total. The molecule has 0 radical (unpaired) electrons. The highest BCUT2D eigenvalue weighted by atomic mass is 16.5. The number of nitrogens with zero attached hydrogens (tertiary/aromatic N) is 3. The van der Waals surface area contributed by atoms with Crippen molar-refractivity contribution >= 4 is 0 Å². The fourth-order valence-electron chi connectivity index (χ4n) is 1.80. The van der Waals surface area contributed by atoms with Gasteiger partial charge in [0.15, 0.2) is 5.79 Å². The number of likely N-dealkylation sites (N-methyl/N-ethyl adjacent to an activating group) is 3. The first-order valence-electron chi connectivity index (χ1n) is 4.86. The molecule has 15 heavy (non-hydrogen) atoms. The Bertz CT molecular complexity index is 218. The lowest BCUT2D eigenvalue weighted by Gasteiger charge is -2.47. The van der Waals surface area contributed by atoms with Gasteiger partial charge < -0.3 is 4.74 Å². The summed E-state index contributed by atoms with van der Waals surface area (Å²) in [6, 6.07) is 0. The molecule has 0 saturated heterocycles. The second-order valence-corrected chi connectivity index (χ2v) is 4.04. The van der Waals surface area contributed by atoms with Crippen molar-refractivity contribution in [2.45, 2.75) is 5.79 Å². The Morgan fingerprint density at radius 1 is 0.933 bits per heavy atom. The van der Waals surface area contributed by atoms with Crippen molar-refractivity contribution in [2.75, 3.05) is 49.4 Å². The SMILES string of the molecule is COC=C=CC(N(C)C)(N(C)C)N(C)C. The van der Waals surface area contributed by atoms with E-state index in [2.05, 4.69) is 20.4 Å². The second kappa shape index (κ2) is 5.93. The third kappa shape index (κ3) is 3.08. The maximum atomic E-state index is 4.85. The normalized spacial score (nSPS) is 11.9. The topological polar surface area (TPSA) is 19.0 Å². The van der Waals surface area contributed by atoms with Gasteiger partial charge in [-0.2, -0.15) is 0 Å². The number of hydrogen-bond acceptors (Lipinski definition) is 4. The molecule has 0 aliphatic carbocycles. The molecule has 0 heterocycles. The standard InChI is InChI=1S/C11H23N3O/c1-12(2)11(13(3)4,14(5)6)9-8-10-15-7/h9-10H,1-7H3. The molecule has 0 aromatic heterocycles. The maximum absolute atomic E-state index is 4.85. The van der Waals surface area contributed by atoms with Crippen LogP contribution < -0.4 is 0 Å². The number of hydrogen-bond donors (Lipinski definition) is 0. The van der Waals surface area contributed by atoms with E-state index < -0.39 is 0 Å². The molecule has 0 aromatic rings. The summed E-state index contributed by atoms with van der Waals surface area (Å²) in [4.78, 5) is 6.34. The van der Waals surface area contributed by atoms with Gasteiger partial charge in [0, 0.05) is 6.08 Å². The van der Waals surface area contributed by atoms with Gasteiger partial charge in [0.05, 0.1) is 7.11 Å². The summed E-state index contributed by atoms with van der Waals surface area (Å²) < 4.78 is 4.85. The van der Waals surface area contributed by atoms with Crippen LogP contribution in [-0.2, 0) is 4.74 Å². The van der Waals surface area contributed by atoms with E-state index in [1.165, 1.54) is 0 Å². The van der Waals surface area contributed by atoms with E-state index in [0.29, 0.717) is 0 Å². The van der Waals surface area contributed by atoms with E-state index >= 15 is 0 Å². The number of rotatable bonds is 5. The van der Waals surface area contributed by atoms with Crippen molar-refractivity contribution in [1.29, 1.82) is 0 Å². The summed E-state index contributed by atoms with van der Waals surface area (Å²) in [6.45, 7) is 0. The van der Waals surface area contributed by atoms with Crippen LogP contribution in [0.15, 0.2) is 18.1 Å². The van der Waals surface area contributed by atoms with E-state index in [4.69, 9.17) is 4.74 Å². The van der Waals surface area contributed by atoms with Crippen LogP contribution in [0.3, 0.4) is 0 Å². The molecular weight excluding hydrogens is 190 g/mol. The molecule has 0 aromatic carbocycles. The minimum atomic E-state index is -0.297. The van der Waals surface area contributed by atoms with Gasteiger partial charge in [0.1, 0.15) is 6.26 Å². The predicted molar refractivity (Wildman–Crippen MR) is 63.5 cm³/mol. The van der Waals surface area contributed by atoms with Crippen molar-refractivity contribution in [1.82, 2.24) is 14.7 Å². The average Bonchev–Trinajstić information content (AvgIpc) is 2.10. The van der Waals surface area contributed by atoms with Crippen molar-refractivity contribution in [3.8, 4) is 0 Å². The van der Waals surface area contributed by atoms with Crippen LogP contribution >= 0.6 is 0 Å². The fraction of sp³-hybridized carbons (Fsp3) is 0.727. The Labute approximate surface area is 93.4 Å². The molecule has 0 saturated carbocycles. The third-order valence-corrected chi connectivity index (χ3v) is 2.44. The zero-order chi connectivity index (χ0) is 12.1. The molecule has 0 amide bonds. The number of methoxy groups -OCH3 is 1. The zero-order valence-corrected chi connectivity index (χ0v) is 10.9. The first kappa shape index (κ1) is 14.2. The molecule has 0 spiro atoms. The van der Waals surface area contributed by atoms with Gasteiger partial charge in [-0.3, -0.25) is 14.7 Å². The molecule has 4 heteroatoms. The summed E-state index contributed by atoms with van der Waals surface area (Å²) in [5.74, 6) is -0.297. The van der Waals surface area contributed by atoms with Gasteiger partial charge in [-0.1, -0.05) is 5.73 Å². The van der Waals surface area contributed by atoms with Crippen molar-refractivity contribution in [3.05, 3.63) is 18.1 Å². The molecule has 0 aliphatic rings. The van der Waals surface area contributed by atoms with E-state index in [1.807, 2.05) is 48.4 Å². The smallest absolute Gasteiger partial charge is 0.157 e. The Morgan fingerprint density at radius 3 is 1.60 bits per heavy atom. The van der Waals surface area contributed by atoms with Gasteiger partial charge in [0.2, 0.25) is 0 Å². The molecule has 0 aliphatic heterocycles. The minimum Gasteiger partial charge on any atom is -0.496 e. The summed E-state index contributed by atoms with van der Waals surface area (Å²) >= 11 is 0. The Hall–Kier alpha value is -0.800. The molecule has 0 bridgehead atoms. The molecule has 0 rings (SSSR count). The Morgan fingerprint density at radius 2 is 1.33 bits per heavy atom. The van der Waals surface area contributed by atoms with Gasteiger partial charge >= 0.3 is 0 Å². The molecule has 4 nitrogen and oxygen atoms in total. The summed E-state index contributed by atoms with van der Waals surface area (Å²) in [5, 5.41) is 0. The van der Waals surface area contributed by atoms with Crippen LogP contribution in [0.5, 0.6) is 0 Å². The second-order valence-electron chi connectivity index (χ2n) is 4.04. The van der Waals surface area contributed by atoms with Gasteiger partial charge in [0.25, 0.3) is 0 Å². The molecular formula is C11H23N3O. The lowest BCUT2D eigenvalue weighted by atomic mass is 10.2. The van der Waals surface area contributed by atoms with Crippen molar-refractivity contribution < 1.29 is 4.74 Å². The summed E-state index contributed by atoms with van der Waals surface area (Å²) in [7, 11) is 13.8. The van der Waals surface area contributed by atoms with Crippen LogP contribution in [-0.4, -0.2) is 69.9 Å². The van der Waals surface area contributed by atoms with E-state index in [-0.39, 0.29) is 5.79 Å². The van der Waals surface area contributed by atoms with E-state index in [1.54, 1.807) is 13.4 Å². The van der Waals surface area contributed by atoms with Crippen LogP contribution in [0.1, 0.15) is 0 Å². The monoisotopic (exact) mass is 213 g/mol. The Kier molecular flexibility index (Phi) is 5.61. The van der Waals surface area contributed by atoms with Gasteiger partial charge in [-0.15, -0.1) is 0 Å². The first-order valence-corrected chi connectivity index (χ1v) is 4.86. The quantitative estimate of drug-likeness (QED) is 0.379. The third-order valence-electron chi connectivity index (χ3n) is 2.44. The van der Waals surface area contributed by atoms with E-state index in [9.17, 15) is 0 Å². The molecule has 88 valence electrons. The van der Waals surface area contributed by atoms with Crippen LogP contribution in [0.4, 0.5) is 0 Å². The van der Waals surface area contributed by atoms with Crippen LogP contribution in [0.2, 0.25) is 0 Å². The van der Waals surface area contributed by atoms with E-state index in [0.717, 1.165) is 0 Å². The Balaban J connectivity index is 5.24. The van der Waals surface area contributed by atoms with Crippen LogP contribution in [0, 0.1) is 0 Å². The highest BCUT2D eigenvalue weighted by Gasteiger charge is 2.34. The molecule has 0 atom stereocenters. The number of ether oxygens (including phenoxy) is 1. The average molecular weight is 213 g/mol. The highest BCUT2D eigenvalue weighted by molar-refractivity contribution is 5.02. The molecule has 0 unspecified atom stereocenters. The lowest BCUT2D eigenvalue weighted by molar-refractivity contribution is -0.0657. The van der Waals surface area contributed by atoms with Gasteiger partial charge in [-0.05, 0) is 42.3 Å². The van der Waals surface area contributed by atoms with Gasteiger partial charge in [-0.25, -0.2) is 0 Å². The summed E-state index contributed by atoms with van der Waals surface area (Å²) in [6.07, 6.45) is 3.52. The highest BCUT2D eigenvalue weighted by Crippen LogP contribution is 2.19.